The van der Waals surface area contributed by atoms with Gasteiger partial charge in [-0.2, -0.15) is 11.8 Å². The molecule has 0 atom stereocenters. The maximum absolute atomic E-state index is 6.26. The van der Waals surface area contributed by atoms with Crippen LogP contribution < -0.4 is 14.8 Å². The summed E-state index contributed by atoms with van der Waals surface area (Å²) < 4.78 is 12.0. The molecule has 0 radical (unpaired) electrons. The Kier molecular flexibility index (Phi) is 5.90. The van der Waals surface area contributed by atoms with E-state index in [0.717, 1.165) is 49.8 Å². The summed E-state index contributed by atoms with van der Waals surface area (Å²) in [7, 11) is 1.77. The number of methoxy groups -OCH3 is 1. The van der Waals surface area contributed by atoms with Crippen molar-refractivity contribution in [3.8, 4) is 11.5 Å². The zero-order valence-electron chi connectivity index (χ0n) is 13.5. The molecule has 2 aliphatic rings. The van der Waals surface area contributed by atoms with Crippen LogP contribution in [-0.2, 0) is 6.42 Å². The second kappa shape index (κ2) is 8.11. The number of benzene rings is 1. The summed E-state index contributed by atoms with van der Waals surface area (Å²) >= 11 is 2.03. The molecule has 1 aromatic rings. The number of nitrogens with one attached hydrogen (secondary N) is 1. The van der Waals surface area contributed by atoms with Crippen LogP contribution in [0.25, 0.3) is 0 Å². The smallest absolute Gasteiger partial charge is 0.163 e. The first-order valence-corrected chi connectivity index (χ1v) is 9.63. The highest BCUT2D eigenvalue weighted by molar-refractivity contribution is 7.99. The molecule has 0 unspecified atom stereocenters. The highest BCUT2D eigenvalue weighted by Crippen LogP contribution is 2.35. The SMILES string of the molecule is COc1c(CC2CCNCC2)cccc1OC1CCSCC1. The Balaban J connectivity index is 1.71. The number of rotatable bonds is 5. The van der Waals surface area contributed by atoms with Gasteiger partial charge in [-0.25, -0.2) is 0 Å². The fourth-order valence-corrected chi connectivity index (χ4v) is 4.48. The molecule has 2 heterocycles. The number of ether oxygens (including phenoxy) is 2. The minimum Gasteiger partial charge on any atom is -0.493 e. The molecule has 2 saturated heterocycles. The van der Waals surface area contributed by atoms with E-state index in [1.807, 2.05) is 11.8 Å². The molecule has 122 valence electrons. The summed E-state index contributed by atoms with van der Waals surface area (Å²) in [5.41, 5.74) is 1.30. The number of para-hydroxylation sites is 1. The minimum atomic E-state index is 0.351. The van der Waals surface area contributed by atoms with Crippen LogP contribution >= 0.6 is 11.8 Å². The number of hydrogen-bond acceptors (Lipinski definition) is 4. The van der Waals surface area contributed by atoms with Gasteiger partial charge in [-0.05, 0) is 74.2 Å². The molecular weight excluding hydrogens is 294 g/mol. The Morgan fingerprint density at radius 1 is 1.14 bits per heavy atom. The van der Waals surface area contributed by atoms with Crippen molar-refractivity contribution in [2.24, 2.45) is 5.92 Å². The van der Waals surface area contributed by atoms with Crippen LogP contribution in [0.4, 0.5) is 0 Å². The van der Waals surface area contributed by atoms with Gasteiger partial charge in [-0.1, -0.05) is 12.1 Å². The first-order valence-electron chi connectivity index (χ1n) is 8.48. The van der Waals surface area contributed by atoms with Gasteiger partial charge < -0.3 is 14.8 Å². The predicted octanol–water partition coefficient (Wildman–Crippen LogP) is 3.51. The molecule has 1 aromatic carbocycles. The first-order chi connectivity index (χ1) is 10.9. The molecule has 3 rings (SSSR count). The van der Waals surface area contributed by atoms with Crippen molar-refractivity contribution in [3.05, 3.63) is 23.8 Å². The summed E-state index contributed by atoms with van der Waals surface area (Å²) in [6.45, 7) is 2.28. The molecule has 0 amide bonds. The Bertz CT molecular complexity index is 430. The Morgan fingerprint density at radius 2 is 1.91 bits per heavy atom. The van der Waals surface area contributed by atoms with Gasteiger partial charge in [0.2, 0.25) is 0 Å². The fourth-order valence-electron chi connectivity index (χ4n) is 3.42. The van der Waals surface area contributed by atoms with Crippen molar-refractivity contribution < 1.29 is 9.47 Å². The maximum Gasteiger partial charge on any atom is 0.163 e. The second-order valence-corrected chi connectivity index (χ2v) is 7.50. The largest absolute Gasteiger partial charge is 0.493 e. The van der Waals surface area contributed by atoms with Crippen molar-refractivity contribution in [2.75, 3.05) is 31.7 Å². The topological polar surface area (TPSA) is 30.5 Å². The molecule has 2 fully saturated rings. The molecule has 1 N–H and O–H groups in total. The highest BCUT2D eigenvalue weighted by atomic mass is 32.2. The average molecular weight is 321 g/mol. The third-order valence-electron chi connectivity index (χ3n) is 4.69. The monoisotopic (exact) mass is 321 g/mol. The molecule has 0 spiro atoms. The summed E-state index contributed by atoms with van der Waals surface area (Å²) in [4.78, 5) is 0. The van der Waals surface area contributed by atoms with Crippen molar-refractivity contribution in [1.82, 2.24) is 5.32 Å². The van der Waals surface area contributed by atoms with Crippen LogP contribution in [-0.4, -0.2) is 37.8 Å². The van der Waals surface area contributed by atoms with E-state index < -0.39 is 0 Å². The average Bonchev–Trinajstić information content (AvgIpc) is 2.57. The van der Waals surface area contributed by atoms with Gasteiger partial charge in [-0.15, -0.1) is 0 Å². The highest BCUT2D eigenvalue weighted by Gasteiger charge is 2.20. The van der Waals surface area contributed by atoms with Crippen LogP contribution in [0.3, 0.4) is 0 Å². The zero-order chi connectivity index (χ0) is 15.2. The lowest BCUT2D eigenvalue weighted by molar-refractivity contribution is 0.184. The zero-order valence-corrected chi connectivity index (χ0v) is 14.3. The predicted molar refractivity (Wildman–Crippen MR) is 93.3 cm³/mol. The normalized spacial score (nSPS) is 20.8. The fraction of sp³-hybridized carbons (Fsp3) is 0.667. The van der Waals surface area contributed by atoms with Crippen LogP contribution in [0.15, 0.2) is 18.2 Å². The summed E-state index contributed by atoms with van der Waals surface area (Å²) in [6.07, 6.45) is 6.26. The lowest BCUT2D eigenvalue weighted by Gasteiger charge is -2.26. The van der Waals surface area contributed by atoms with E-state index in [9.17, 15) is 0 Å². The number of hydrogen-bond donors (Lipinski definition) is 1. The van der Waals surface area contributed by atoms with E-state index >= 15 is 0 Å². The molecular formula is C18H27NO2S. The van der Waals surface area contributed by atoms with Crippen molar-refractivity contribution in [1.29, 1.82) is 0 Å². The third-order valence-corrected chi connectivity index (χ3v) is 5.74. The first kappa shape index (κ1) is 16.0. The van der Waals surface area contributed by atoms with Gasteiger partial charge in [0.1, 0.15) is 6.10 Å². The van der Waals surface area contributed by atoms with Crippen LogP contribution in [0.2, 0.25) is 0 Å². The summed E-state index contributed by atoms with van der Waals surface area (Å²) in [6, 6.07) is 6.38. The van der Waals surface area contributed by atoms with Gasteiger partial charge in [0.25, 0.3) is 0 Å². The van der Waals surface area contributed by atoms with Gasteiger partial charge >= 0.3 is 0 Å². The van der Waals surface area contributed by atoms with Gasteiger partial charge in [0.05, 0.1) is 7.11 Å². The lowest BCUT2D eigenvalue weighted by atomic mass is 9.90. The van der Waals surface area contributed by atoms with Crippen molar-refractivity contribution >= 4 is 11.8 Å². The summed E-state index contributed by atoms with van der Waals surface area (Å²) in [5.74, 6) is 5.07. The Labute approximate surface area is 138 Å². The molecule has 22 heavy (non-hydrogen) atoms. The molecule has 0 aromatic heterocycles. The molecule has 0 bridgehead atoms. The second-order valence-electron chi connectivity index (χ2n) is 6.28. The standard InChI is InChI=1S/C18H27NO2S/c1-20-18-15(13-14-5-9-19-10-6-14)3-2-4-17(18)21-16-7-11-22-12-8-16/h2-4,14,16,19H,5-13H2,1H3. The van der Waals surface area contributed by atoms with E-state index in [0.29, 0.717) is 6.10 Å². The van der Waals surface area contributed by atoms with E-state index in [-0.39, 0.29) is 0 Å². The van der Waals surface area contributed by atoms with Gasteiger partial charge in [-0.3, -0.25) is 0 Å². The Morgan fingerprint density at radius 3 is 2.64 bits per heavy atom. The van der Waals surface area contributed by atoms with Crippen LogP contribution in [0, 0.1) is 5.92 Å². The van der Waals surface area contributed by atoms with E-state index in [4.69, 9.17) is 9.47 Å². The van der Waals surface area contributed by atoms with Crippen LogP contribution in [0.1, 0.15) is 31.2 Å². The number of thioether (sulfide) groups is 1. The summed E-state index contributed by atoms with van der Waals surface area (Å²) in [5, 5.41) is 3.44. The molecule has 0 saturated carbocycles. The number of piperidine rings is 1. The van der Waals surface area contributed by atoms with Crippen LogP contribution in [0.5, 0.6) is 11.5 Å². The van der Waals surface area contributed by atoms with E-state index in [1.165, 1.54) is 29.9 Å². The molecule has 3 nitrogen and oxygen atoms in total. The molecule has 4 heteroatoms. The third kappa shape index (κ3) is 4.11. The Hall–Kier alpha value is -0.870. The maximum atomic E-state index is 6.26. The minimum absolute atomic E-state index is 0.351. The van der Waals surface area contributed by atoms with Gasteiger partial charge in [0.15, 0.2) is 11.5 Å². The van der Waals surface area contributed by atoms with Gasteiger partial charge in [0, 0.05) is 0 Å². The van der Waals surface area contributed by atoms with Crippen molar-refractivity contribution in [3.63, 3.8) is 0 Å². The van der Waals surface area contributed by atoms with Crippen molar-refractivity contribution in [2.45, 2.75) is 38.2 Å². The van der Waals surface area contributed by atoms with E-state index in [2.05, 4.69) is 23.5 Å². The quantitative estimate of drug-likeness (QED) is 0.899. The van der Waals surface area contributed by atoms with E-state index in [1.54, 1.807) is 7.11 Å². The molecule has 0 aliphatic carbocycles. The molecule has 2 aliphatic heterocycles. The lowest BCUT2D eigenvalue weighted by Crippen LogP contribution is -2.28.